The van der Waals surface area contributed by atoms with Gasteiger partial charge in [0.1, 0.15) is 0 Å². The van der Waals surface area contributed by atoms with Gasteiger partial charge in [-0.15, -0.1) is 0 Å². The number of fused-ring (bicyclic) bond motifs is 1. The first kappa shape index (κ1) is 21.2. The van der Waals surface area contributed by atoms with Gasteiger partial charge in [0.2, 0.25) is 5.91 Å². The van der Waals surface area contributed by atoms with Crippen LogP contribution in [0, 0.1) is 22.7 Å². The Balaban J connectivity index is 1.61. The van der Waals surface area contributed by atoms with Gasteiger partial charge in [0, 0.05) is 34.9 Å². The minimum absolute atomic E-state index is 0.255. The number of nitrogens with zero attached hydrogens (tertiary/aromatic N) is 3. The molecular weight excluding hydrogens is 408 g/mol. The van der Waals surface area contributed by atoms with Crippen molar-refractivity contribution in [3.8, 4) is 12.1 Å². The van der Waals surface area contributed by atoms with Crippen molar-refractivity contribution in [2.24, 2.45) is 0 Å². The molecule has 156 valence electrons. The van der Waals surface area contributed by atoms with Crippen molar-refractivity contribution in [1.82, 2.24) is 4.98 Å². The molecule has 0 radical (unpaired) electrons. The van der Waals surface area contributed by atoms with E-state index in [1.807, 2.05) is 54.6 Å². The second-order valence-corrected chi connectivity index (χ2v) is 7.21. The fraction of sp³-hybridized carbons (Fsp3) is 0. The lowest BCUT2D eigenvalue weighted by atomic mass is 9.96. The van der Waals surface area contributed by atoms with E-state index in [1.54, 1.807) is 42.7 Å². The van der Waals surface area contributed by atoms with E-state index in [0.717, 1.165) is 27.5 Å². The molecule has 33 heavy (non-hydrogen) atoms. The van der Waals surface area contributed by atoms with Gasteiger partial charge in [0.25, 0.3) is 0 Å². The number of nitriles is 2. The van der Waals surface area contributed by atoms with E-state index < -0.39 is 0 Å². The first-order valence-corrected chi connectivity index (χ1v) is 10.2. The smallest absolute Gasteiger partial charge is 0.248 e. The van der Waals surface area contributed by atoms with E-state index in [1.165, 1.54) is 6.08 Å². The van der Waals surface area contributed by atoms with Gasteiger partial charge in [-0.25, -0.2) is 0 Å². The highest BCUT2D eigenvalue weighted by Crippen LogP contribution is 2.25. The van der Waals surface area contributed by atoms with E-state index in [9.17, 15) is 4.79 Å². The molecule has 0 saturated heterocycles. The third-order valence-corrected chi connectivity index (χ3v) is 5.10. The monoisotopic (exact) mass is 426 g/mol. The summed E-state index contributed by atoms with van der Waals surface area (Å²) in [7, 11) is 0. The van der Waals surface area contributed by atoms with Crippen LogP contribution in [0.5, 0.6) is 0 Å². The van der Waals surface area contributed by atoms with Gasteiger partial charge in [-0.3, -0.25) is 9.78 Å². The number of rotatable bonds is 5. The summed E-state index contributed by atoms with van der Waals surface area (Å²) in [5.41, 5.74) is 4.50. The Morgan fingerprint density at radius 2 is 1.48 bits per heavy atom. The van der Waals surface area contributed by atoms with Crippen molar-refractivity contribution >= 4 is 27.9 Å². The fourth-order valence-electron chi connectivity index (χ4n) is 3.45. The summed E-state index contributed by atoms with van der Waals surface area (Å²) in [6.07, 6.45) is 8.44. The lowest BCUT2D eigenvalue weighted by Gasteiger charge is -2.08. The number of aromatic nitrogens is 1. The average Bonchev–Trinajstić information content (AvgIpc) is 2.87. The second kappa shape index (κ2) is 9.87. The molecule has 0 aliphatic heterocycles. The largest absolute Gasteiger partial charge is 0.322 e. The van der Waals surface area contributed by atoms with Crippen LogP contribution in [0.3, 0.4) is 0 Å². The molecule has 3 aromatic carbocycles. The van der Waals surface area contributed by atoms with Crippen molar-refractivity contribution in [2.75, 3.05) is 5.32 Å². The van der Waals surface area contributed by atoms with Gasteiger partial charge in [-0.1, -0.05) is 48.6 Å². The zero-order chi connectivity index (χ0) is 23.0. The van der Waals surface area contributed by atoms with Crippen molar-refractivity contribution in [3.05, 3.63) is 126 Å². The van der Waals surface area contributed by atoms with Crippen LogP contribution in [0.25, 0.3) is 16.3 Å². The quantitative estimate of drug-likeness (QED) is 0.332. The Morgan fingerprint density at radius 3 is 2.09 bits per heavy atom. The number of anilines is 1. The van der Waals surface area contributed by atoms with Crippen LogP contribution in [0.1, 0.15) is 22.3 Å². The average molecular weight is 426 g/mol. The van der Waals surface area contributed by atoms with Crippen molar-refractivity contribution in [3.63, 3.8) is 0 Å². The first-order valence-electron chi connectivity index (χ1n) is 10.2. The summed E-state index contributed by atoms with van der Waals surface area (Å²) in [5, 5.41) is 22.9. The van der Waals surface area contributed by atoms with E-state index >= 15 is 0 Å². The highest BCUT2D eigenvalue weighted by Gasteiger charge is 2.06. The zero-order valence-corrected chi connectivity index (χ0v) is 17.6. The summed E-state index contributed by atoms with van der Waals surface area (Å²) < 4.78 is 0. The molecule has 5 nitrogen and oxygen atoms in total. The number of benzene rings is 3. The predicted molar refractivity (Wildman–Crippen MR) is 129 cm³/mol. The Labute approximate surface area is 191 Å². The van der Waals surface area contributed by atoms with Crippen LogP contribution in [0.4, 0.5) is 5.69 Å². The maximum absolute atomic E-state index is 12.6. The van der Waals surface area contributed by atoms with Crippen LogP contribution in [0.2, 0.25) is 0 Å². The minimum atomic E-state index is -0.255. The Bertz CT molecular complexity index is 1390. The van der Waals surface area contributed by atoms with Crippen molar-refractivity contribution < 1.29 is 4.79 Å². The number of carbonyl (C=O) groups is 1. The molecule has 5 heteroatoms. The van der Waals surface area contributed by atoms with Crippen molar-refractivity contribution in [1.29, 1.82) is 10.5 Å². The van der Waals surface area contributed by atoms with E-state index in [2.05, 4.69) is 22.4 Å². The fourth-order valence-corrected chi connectivity index (χ4v) is 3.45. The molecule has 1 N–H and O–H groups in total. The van der Waals surface area contributed by atoms with Gasteiger partial charge < -0.3 is 5.32 Å². The first-order chi connectivity index (χ1) is 16.2. The molecule has 0 bridgehead atoms. The predicted octanol–water partition coefficient (Wildman–Crippen LogP) is 5.60. The summed E-state index contributed by atoms with van der Waals surface area (Å²) in [6.45, 7) is 0. The topological polar surface area (TPSA) is 89.6 Å². The number of allylic oxidation sites excluding steroid dienone is 2. The van der Waals surface area contributed by atoms with Gasteiger partial charge in [-0.05, 0) is 53.1 Å². The van der Waals surface area contributed by atoms with Crippen LogP contribution in [-0.2, 0) is 4.79 Å². The highest BCUT2D eigenvalue weighted by molar-refractivity contribution is 6.06. The van der Waals surface area contributed by atoms with Gasteiger partial charge in [0.05, 0.1) is 23.3 Å². The van der Waals surface area contributed by atoms with Gasteiger partial charge in [-0.2, -0.15) is 10.5 Å². The molecule has 1 amide bonds. The summed E-state index contributed by atoms with van der Waals surface area (Å²) in [5.74, 6) is -0.255. The number of amides is 1. The van der Waals surface area contributed by atoms with E-state index in [0.29, 0.717) is 16.8 Å². The molecule has 0 saturated carbocycles. The number of hydrogen-bond acceptors (Lipinski definition) is 4. The van der Waals surface area contributed by atoms with E-state index in [-0.39, 0.29) is 5.91 Å². The van der Waals surface area contributed by atoms with Crippen LogP contribution in [0.15, 0.2) is 103 Å². The zero-order valence-electron chi connectivity index (χ0n) is 17.6. The standard InChI is InChI=1S/C28H18N4O/c29-17-20-7-11-22(12-8-20)25(23-13-9-21(18-30)10-14-23)4-2-6-28(33)32-27-5-1-3-24-19-31-16-15-26(24)27/h1-16,19H,(H,32,33)/b6-2+. The maximum Gasteiger partial charge on any atom is 0.248 e. The molecule has 0 unspecified atom stereocenters. The summed E-state index contributed by atoms with van der Waals surface area (Å²) in [6, 6.07) is 26.2. The second-order valence-electron chi connectivity index (χ2n) is 7.21. The summed E-state index contributed by atoms with van der Waals surface area (Å²) >= 11 is 0. The third kappa shape index (κ3) is 5.02. The number of nitrogens with one attached hydrogen (secondary N) is 1. The molecule has 4 aromatic rings. The Kier molecular flexibility index (Phi) is 6.35. The molecule has 0 aliphatic rings. The van der Waals surface area contributed by atoms with Gasteiger partial charge in [0.15, 0.2) is 0 Å². The maximum atomic E-state index is 12.6. The number of carbonyl (C=O) groups excluding carboxylic acids is 1. The lowest BCUT2D eigenvalue weighted by molar-refractivity contribution is -0.111. The third-order valence-electron chi connectivity index (χ3n) is 5.10. The van der Waals surface area contributed by atoms with Crippen LogP contribution in [-0.4, -0.2) is 10.9 Å². The molecule has 0 fully saturated rings. The molecule has 0 spiro atoms. The van der Waals surface area contributed by atoms with Crippen LogP contribution < -0.4 is 5.32 Å². The molecule has 1 heterocycles. The van der Waals surface area contributed by atoms with Gasteiger partial charge >= 0.3 is 0 Å². The minimum Gasteiger partial charge on any atom is -0.322 e. The SMILES string of the molecule is N#Cc1ccc(C(=C/C=C/C(=O)Nc2cccc3cnccc23)c2ccc(C#N)cc2)cc1. The van der Waals surface area contributed by atoms with Crippen molar-refractivity contribution in [2.45, 2.75) is 0 Å². The van der Waals surface area contributed by atoms with E-state index in [4.69, 9.17) is 10.5 Å². The Hall–Kier alpha value is -5.00. The number of pyridine rings is 1. The normalized spacial score (nSPS) is 10.4. The number of hydrogen-bond donors (Lipinski definition) is 1. The molecule has 0 atom stereocenters. The van der Waals surface area contributed by atoms with Crippen LogP contribution >= 0.6 is 0 Å². The molecular formula is C28H18N4O. The molecule has 4 rings (SSSR count). The molecule has 0 aliphatic carbocycles. The summed E-state index contributed by atoms with van der Waals surface area (Å²) in [4.78, 5) is 16.7. The highest BCUT2D eigenvalue weighted by atomic mass is 16.1. The lowest BCUT2D eigenvalue weighted by Crippen LogP contribution is -2.08. The molecule has 1 aromatic heterocycles. The Morgan fingerprint density at radius 1 is 0.848 bits per heavy atom.